The first-order chi connectivity index (χ1) is 9.82. The first-order valence-corrected chi connectivity index (χ1v) is 8.62. The molecule has 2 rings (SSSR count). The fourth-order valence-electron chi connectivity index (χ4n) is 2.44. The van der Waals surface area contributed by atoms with Crippen molar-refractivity contribution in [2.75, 3.05) is 26.2 Å². The lowest BCUT2D eigenvalue weighted by atomic mass is 10.2. The van der Waals surface area contributed by atoms with E-state index < -0.39 is 10.0 Å². The van der Waals surface area contributed by atoms with E-state index >= 15 is 0 Å². The van der Waals surface area contributed by atoms with Crippen molar-refractivity contribution in [2.24, 2.45) is 5.92 Å². The van der Waals surface area contributed by atoms with Gasteiger partial charge in [-0.25, -0.2) is 8.42 Å². The second-order valence-corrected chi connectivity index (χ2v) is 7.64. The number of amides is 1. The Morgan fingerprint density at radius 3 is 2.29 bits per heavy atom. The van der Waals surface area contributed by atoms with Crippen molar-refractivity contribution in [3.63, 3.8) is 0 Å². The number of sulfonamides is 1. The van der Waals surface area contributed by atoms with Gasteiger partial charge in [-0.1, -0.05) is 26.0 Å². The fourth-order valence-corrected chi connectivity index (χ4v) is 3.97. The van der Waals surface area contributed by atoms with Crippen LogP contribution in [0.3, 0.4) is 0 Å². The van der Waals surface area contributed by atoms with Gasteiger partial charge in [-0.15, -0.1) is 0 Å². The SMILES string of the molecule is Cc1cccc(S(=O)(=O)N2CCN(C(=O)C(C)C)CC2)c1. The van der Waals surface area contributed by atoms with E-state index in [4.69, 9.17) is 0 Å². The van der Waals surface area contributed by atoms with Gasteiger partial charge in [-0.2, -0.15) is 4.31 Å². The summed E-state index contributed by atoms with van der Waals surface area (Å²) in [6.07, 6.45) is 0. The van der Waals surface area contributed by atoms with E-state index in [-0.39, 0.29) is 11.8 Å². The summed E-state index contributed by atoms with van der Waals surface area (Å²) in [5.74, 6) is 0.0348. The Bertz CT molecular complexity index is 618. The molecule has 0 aromatic heterocycles. The Kier molecular flexibility index (Phi) is 4.68. The van der Waals surface area contributed by atoms with Gasteiger partial charge < -0.3 is 4.90 Å². The number of benzene rings is 1. The van der Waals surface area contributed by atoms with E-state index in [1.807, 2.05) is 26.8 Å². The predicted octanol–water partition coefficient (Wildman–Crippen LogP) is 1.48. The van der Waals surface area contributed by atoms with Gasteiger partial charge in [-0.3, -0.25) is 4.79 Å². The second kappa shape index (κ2) is 6.15. The van der Waals surface area contributed by atoms with E-state index in [1.165, 1.54) is 4.31 Å². The van der Waals surface area contributed by atoms with Crippen molar-refractivity contribution in [3.05, 3.63) is 29.8 Å². The average molecular weight is 310 g/mol. The zero-order valence-electron chi connectivity index (χ0n) is 12.7. The molecule has 1 amide bonds. The van der Waals surface area contributed by atoms with Crippen LogP contribution in [0.15, 0.2) is 29.2 Å². The third-order valence-electron chi connectivity index (χ3n) is 3.67. The van der Waals surface area contributed by atoms with E-state index in [9.17, 15) is 13.2 Å². The highest BCUT2D eigenvalue weighted by molar-refractivity contribution is 7.89. The van der Waals surface area contributed by atoms with Crippen LogP contribution in [0.4, 0.5) is 0 Å². The van der Waals surface area contributed by atoms with Crippen molar-refractivity contribution in [1.82, 2.24) is 9.21 Å². The summed E-state index contributed by atoms with van der Waals surface area (Å²) in [5.41, 5.74) is 0.921. The van der Waals surface area contributed by atoms with Gasteiger partial charge in [0.25, 0.3) is 0 Å². The van der Waals surface area contributed by atoms with Crippen molar-refractivity contribution >= 4 is 15.9 Å². The lowest BCUT2D eigenvalue weighted by molar-refractivity contribution is -0.135. The van der Waals surface area contributed by atoms with Gasteiger partial charge >= 0.3 is 0 Å². The maximum Gasteiger partial charge on any atom is 0.243 e. The van der Waals surface area contributed by atoms with Crippen LogP contribution in [0.2, 0.25) is 0 Å². The normalized spacial score (nSPS) is 17.2. The molecule has 1 aliphatic heterocycles. The summed E-state index contributed by atoms with van der Waals surface area (Å²) in [6, 6.07) is 6.92. The minimum atomic E-state index is -3.46. The number of hydrogen-bond acceptors (Lipinski definition) is 3. The van der Waals surface area contributed by atoms with E-state index in [2.05, 4.69) is 0 Å². The topological polar surface area (TPSA) is 57.7 Å². The number of aryl methyl sites for hydroxylation is 1. The third-order valence-corrected chi connectivity index (χ3v) is 5.57. The molecule has 21 heavy (non-hydrogen) atoms. The molecule has 0 N–H and O–H groups in total. The van der Waals surface area contributed by atoms with Gasteiger partial charge in [0.2, 0.25) is 15.9 Å². The average Bonchev–Trinajstić information content (AvgIpc) is 2.46. The highest BCUT2D eigenvalue weighted by Gasteiger charge is 2.30. The third kappa shape index (κ3) is 3.44. The molecule has 0 bridgehead atoms. The zero-order valence-corrected chi connectivity index (χ0v) is 13.6. The summed E-state index contributed by atoms with van der Waals surface area (Å²) in [5, 5.41) is 0. The van der Waals surface area contributed by atoms with Crippen molar-refractivity contribution < 1.29 is 13.2 Å². The maximum absolute atomic E-state index is 12.6. The van der Waals surface area contributed by atoms with Crippen molar-refractivity contribution in [1.29, 1.82) is 0 Å². The van der Waals surface area contributed by atoms with Crippen molar-refractivity contribution in [3.8, 4) is 0 Å². The smallest absolute Gasteiger partial charge is 0.243 e. The van der Waals surface area contributed by atoms with Crippen LogP contribution >= 0.6 is 0 Å². The molecule has 1 aliphatic rings. The number of hydrogen-bond donors (Lipinski definition) is 0. The number of carbonyl (C=O) groups excluding carboxylic acids is 1. The lowest BCUT2D eigenvalue weighted by Gasteiger charge is -2.34. The molecule has 0 unspecified atom stereocenters. The minimum absolute atomic E-state index is 0.0510. The molecular formula is C15H22N2O3S. The molecule has 0 saturated carbocycles. The monoisotopic (exact) mass is 310 g/mol. The quantitative estimate of drug-likeness (QED) is 0.850. The largest absolute Gasteiger partial charge is 0.340 e. The Labute approximate surface area is 126 Å². The summed E-state index contributed by atoms with van der Waals surface area (Å²) in [6.45, 7) is 7.22. The summed E-state index contributed by atoms with van der Waals surface area (Å²) in [7, 11) is -3.46. The molecule has 6 heteroatoms. The van der Waals surface area contributed by atoms with Crippen molar-refractivity contribution in [2.45, 2.75) is 25.7 Å². The fraction of sp³-hybridized carbons (Fsp3) is 0.533. The summed E-state index contributed by atoms with van der Waals surface area (Å²) < 4.78 is 26.6. The maximum atomic E-state index is 12.6. The summed E-state index contributed by atoms with van der Waals surface area (Å²) >= 11 is 0. The van der Waals surface area contributed by atoms with Crippen LogP contribution in [0.1, 0.15) is 19.4 Å². The van der Waals surface area contributed by atoms with Gasteiger partial charge in [0.05, 0.1) is 4.90 Å². The molecule has 0 radical (unpaired) electrons. The second-order valence-electron chi connectivity index (χ2n) is 5.70. The first kappa shape index (κ1) is 16.0. The van der Waals surface area contributed by atoms with Gasteiger partial charge in [-0.05, 0) is 24.6 Å². The Balaban J connectivity index is 2.10. The number of piperazine rings is 1. The van der Waals surface area contributed by atoms with Crippen LogP contribution in [-0.2, 0) is 14.8 Å². The van der Waals surface area contributed by atoms with Gasteiger partial charge in [0.15, 0.2) is 0 Å². The molecule has 1 fully saturated rings. The number of rotatable bonds is 3. The number of carbonyl (C=O) groups is 1. The highest BCUT2D eigenvalue weighted by atomic mass is 32.2. The minimum Gasteiger partial charge on any atom is -0.340 e. The van der Waals surface area contributed by atoms with E-state index in [0.29, 0.717) is 31.1 Å². The first-order valence-electron chi connectivity index (χ1n) is 7.18. The Morgan fingerprint density at radius 1 is 1.14 bits per heavy atom. The van der Waals surface area contributed by atoms with E-state index in [0.717, 1.165) is 5.56 Å². The predicted molar refractivity (Wildman–Crippen MR) is 81.4 cm³/mol. The highest BCUT2D eigenvalue weighted by Crippen LogP contribution is 2.19. The molecule has 116 valence electrons. The molecule has 1 heterocycles. The van der Waals surface area contributed by atoms with E-state index in [1.54, 1.807) is 23.1 Å². The molecule has 1 aromatic rings. The molecular weight excluding hydrogens is 288 g/mol. The molecule has 0 aliphatic carbocycles. The van der Waals surface area contributed by atoms with Crippen LogP contribution < -0.4 is 0 Å². The van der Waals surface area contributed by atoms with Gasteiger partial charge in [0.1, 0.15) is 0 Å². The van der Waals surface area contributed by atoms with Gasteiger partial charge in [0, 0.05) is 32.1 Å². The zero-order chi connectivity index (χ0) is 15.6. The molecule has 5 nitrogen and oxygen atoms in total. The molecule has 1 saturated heterocycles. The Hall–Kier alpha value is -1.40. The lowest BCUT2D eigenvalue weighted by Crippen LogP contribution is -2.51. The standard InChI is InChI=1S/C15H22N2O3S/c1-12(2)15(18)16-7-9-17(10-8-16)21(19,20)14-6-4-5-13(3)11-14/h4-6,11-12H,7-10H2,1-3H3. The molecule has 0 spiro atoms. The van der Waals surface area contributed by atoms with Crippen LogP contribution in [0.25, 0.3) is 0 Å². The molecule has 1 aromatic carbocycles. The molecule has 0 atom stereocenters. The number of nitrogens with zero attached hydrogens (tertiary/aromatic N) is 2. The van der Waals surface area contributed by atoms with Crippen LogP contribution in [-0.4, -0.2) is 49.7 Å². The summed E-state index contributed by atoms with van der Waals surface area (Å²) in [4.78, 5) is 14.0. The Morgan fingerprint density at radius 2 is 1.76 bits per heavy atom. The van der Waals surface area contributed by atoms with Crippen LogP contribution in [0, 0.1) is 12.8 Å². The van der Waals surface area contributed by atoms with Crippen LogP contribution in [0.5, 0.6) is 0 Å².